The van der Waals surface area contributed by atoms with E-state index in [1.54, 1.807) is 5.57 Å². The Labute approximate surface area is 260 Å². The first-order chi connectivity index (χ1) is 21.3. The van der Waals surface area contributed by atoms with Gasteiger partial charge in [-0.3, -0.25) is 9.88 Å². The van der Waals surface area contributed by atoms with Crippen molar-refractivity contribution in [3.8, 4) is 11.8 Å². The summed E-state index contributed by atoms with van der Waals surface area (Å²) >= 11 is 0. The molecule has 4 nitrogen and oxygen atoms in total. The van der Waals surface area contributed by atoms with Crippen LogP contribution in [0.25, 0.3) is 17.0 Å². The van der Waals surface area contributed by atoms with Crippen molar-refractivity contribution < 1.29 is 0 Å². The van der Waals surface area contributed by atoms with E-state index >= 15 is 0 Å². The van der Waals surface area contributed by atoms with Gasteiger partial charge in [-0.25, -0.2) is 0 Å². The summed E-state index contributed by atoms with van der Waals surface area (Å²) in [7, 11) is 0. The van der Waals surface area contributed by atoms with E-state index in [1.165, 1.54) is 113 Å². The van der Waals surface area contributed by atoms with E-state index in [1.807, 2.05) is 0 Å². The summed E-state index contributed by atoms with van der Waals surface area (Å²) in [4.78, 5) is 11.1. The Balaban J connectivity index is 1.25. The minimum absolute atomic E-state index is 0.361. The first-order valence-electron chi connectivity index (χ1n) is 17.7. The van der Waals surface area contributed by atoms with Gasteiger partial charge in [0.2, 0.25) is 0 Å². The van der Waals surface area contributed by atoms with Crippen LogP contribution >= 0.6 is 0 Å². The molecule has 2 N–H and O–H groups in total. The van der Waals surface area contributed by atoms with Gasteiger partial charge in [0.1, 0.15) is 0 Å². The topological polar surface area (TPSA) is 45.4 Å². The highest BCUT2D eigenvalue weighted by Gasteiger charge is 2.58. The third-order valence-electron chi connectivity index (χ3n) is 11.5. The van der Waals surface area contributed by atoms with Crippen LogP contribution in [-0.4, -0.2) is 60.1 Å². The molecule has 1 spiro atoms. The maximum absolute atomic E-state index is 6.19. The minimum atomic E-state index is 0.361. The minimum Gasteiger partial charge on any atom is -0.330 e. The number of fused-ring (bicyclic) bond motifs is 3. The highest BCUT2D eigenvalue weighted by molar-refractivity contribution is 5.86. The van der Waals surface area contributed by atoms with Crippen LogP contribution in [0, 0.1) is 29.1 Å². The molecule has 2 saturated heterocycles. The van der Waals surface area contributed by atoms with Crippen molar-refractivity contribution in [3.05, 3.63) is 58.8 Å². The monoisotopic (exact) mass is 576 g/mol. The lowest BCUT2D eigenvalue weighted by Gasteiger charge is -2.64. The van der Waals surface area contributed by atoms with Gasteiger partial charge in [0.25, 0.3) is 0 Å². The van der Waals surface area contributed by atoms with Crippen LogP contribution in [0.3, 0.4) is 0 Å². The lowest BCUT2D eigenvalue weighted by Crippen LogP contribution is -2.68. The Bertz CT molecular complexity index is 1410. The lowest BCUT2D eigenvalue weighted by molar-refractivity contribution is -0.110. The van der Waals surface area contributed by atoms with Crippen LogP contribution < -0.4 is 5.73 Å². The predicted molar refractivity (Wildman–Crippen MR) is 180 cm³/mol. The normalized spacial score (nSPS) is 33.0. The van der Waals surface area contributed by atoms with Gasteiger partial charge in [-0.05, 0) is 126 Å². The van der Waals surface area contributed by atoms with Crippen molar-refractivity contribution in [2.24, 2.45) is 23.0 Å². The molecule has 4 heteroatoms. The van der Waals surface area contributed by atoms with Gasteiger partial charge in [-0.15, -0.1) is 11.8 Å². The number of pyridine rings is 1. The fraction of sp³-hybridized carbons (Fsp3) is 0.615. The Morgan fingerprint density at radius 3 is 2.77 bits per heavy atom. The second-order valence-electron chi connectivity index (χ2n) is 14.1. The van der Waals surface area contributed by atoms with Crippen molar-refractivity contribution in [1.82, 2.24) is 14.8 Å². The summed E-state index contributed by atoms with van der Waals surface area (Å²) in [6, 6.07) is 9.31. The SMILES string of the molecule is NCCc1c2c(nc3ccccc13)CCCCN1CC3C=C4CCCC#CCCCCCN5CCC3C(CCC=C2)(C5)C41. The number of allylic oxidation sites excluding steroid dienone is 1. The summed E-state index contributed by atoms with van der Waals surface area (Å²) in [5, 5.41) is 1.28. The predicted octanol–water partition coefficient (Wildman–Crippen LogP) is 7.16. The number of benzene rings is 1. The van der Waals surface area contributed by atoms with Gasteiger partial charge in [-0.1, -0.05) is 48.4 Å². The molecule has 1 aliphatic carbocycles. The third-order valence-corrected chi connectivity index (χ3v) is 11.5. The average molecular weight is 577 g/mol. The van der Waals surface area contributed by atoms with Crippen LogP contribution in [0.2, 0.25) is 0 Å². The highest BCUT2D eigenvalue weighted by Crippen LogP contribution is 2.57. The molecular formula is C39H52N4. The Morgan fingerprint density at radius 2 is 1.84 bits per heavy atom. The number of hydrogen-bond donors (Lipinski definition) is 1. The second-order valence-corrected chi connectivity index (χ2v) is 14.1. The van der Waals surface area contributed by atoms with Crippen LogP contribution in [-0.2, 0) is 12.8 Å². The average Bonchev–Trinajstić information content (AvgIpc) is 3.03. The fourth-order valence-corrected chi connectivity index (χ4v) is 9.79. The van der Waals surface area contributed by atoms with Gasteiger partial charge in [0.15, 0.2) is 0 Å². The van der Waals surface area contributed by atoms with Crippen molar-refractivity contribution in [3.63, 3.8) is 0 Å². The van der Waals surface area contributed by atoms with E-state index in [0.29, 0.717) is 18.0 Å². The first kappa shape index (κ1) is 29.3. The van der Waals surface area contributed by atoms with Gasteiger partial charge in [0, 0.05) is 48.5 Å². The van der Waals surface area contributed by atoms with Crippen molar-refractivity contribution in [2.45, 2.75) is 95.9 Å². The second kappa shape index (κ2) is 13.3. The molecule has 43 heavy (non-hydrogen) atoms. The van der Waals surface area contributed by atoms with Gasteiger partial charge >= 0.3 is 0 Å². The summed E-state index contributed by atoms with van der Waals surface area (Å²) < 4.78 is 0. The maximum atomic E-state index is 6.19. The van der Waals surface area contributed by atoms with E-state index in [4.69, 9.17) is 10.7 Å². The summed E-state index contributed by atoms with van der Waals surface area (Å²) in [5.74, 6) is 8.56. The molecule has 1 aromatic heterocycles. The molecule has 6 heterocycles. The molecule has 6 unspecified atom stereocenters. The van der Waals surface area contributed by atoms with E-state index in [9.17, 15) is 0 Å². The largest absolute Gasteiger partial charge is 0.330 e. The Morgan fingerprint density at radius 1 is 0.953 bits per heavy atom. The Hall–Kier alpha value is -2.45. The molecular weight excluding hydrogens is 524 g/mol. The summed E-state index contributed by atoms with van der Waals surface area (Å²) in [6.07, 6.45) is 24.5. The van der Waals surface area contributed by atoms with E-state index in [-0.39, 0.29) is 0 Å². The third kappa shape index (κ3) is 5.86. The van der Waals surface area contributed by atoms with Crippen molar-refractivity contribution >= 4 is 17.0 Å². The van der Waals surface area contributed by atoms with Gasteiger partial charge < -0.3 is 10.6 Å². The smallest absolute Gasteiger partial charge is 0.0708 e. The molecule has 0 saturated carbocycles. The molecule has 228 valence electrons. The van der Waals surface area contributed by atoms with Gasteiger partial charge in [0.05, 0.1) is 5.52 Å². The number of aryl methyl sites for hydroxylation is 1. The van der Waals surface area contributed by atoms with Crippen LogP contribution in [0.4, 0.5) is 0 Å². The molecule has 6 bridgehead atoms. The molecule has 5 aliphatic heterocycles. The number of rotatable bonds is 2. The molecule has 6 atom stereocenters. The number of nitrogens with two attached hydrogens (primary N) is 1. The zero-order valence-electron chi connectivity index (χ0n) is 26.3. The zero-order chi connectivity index (χ0) is 29.1. The van der Waals surface area contributed by atoms with Crippen molar-refractivity contribution in [2.75, 3.05) is 39.3 Å². The number of piperidine rings is 2. The fourth-order valence-electron chi connectivity index (χ4n) is 9.79. The molecule has 0 amide bonds. The van der Waals surface area contributed by atoms with Crippen molar-refractivity contribution in [1.29, 1.82) is 0 Å². The molecule has 2 fully saturated rings. The highest BCUT2D eigenvalue weighted by atomic mass is 15.2. The van der Waals surface area contributed by atoms with E-state index < -0.39 is 0 Å². The lowest BCUT2D eigenvalue weighted by atomic mass is 9.52. The van der Waals surface area contributed by atoms with Gasteiger partial charge in [-0.2, -0.15) is 0 Å². The molecule has 6 aliphatic rings. The van der Waals surface area contributed by atoms with Crippen LogP contribution in [0.1, 0.15) is 93.9 Å². The van der Waals surface area contributed by atoms with Crippen LogP contribution in [0.15, 0.2) is 42.0 Å². The first-order valence-corrected chi connectivity index (χ1v) is 17.7. The number of nitrogens with zero attached hydrogens (tertiary/aromatic N) is 3. The summed E-state index contributed by atoms with van der Waals surface area (Å²) in [6.45, 7) is 7.02. The van der Waals surface area contributed by atoms with E-state index in [0.717, 1.165) is 49.5 Å². The zero-order valence-corrected chi connectivity index (χ0v) is 26.3. The number of aromatic nitrogens is 1. The summed E-state index contributed by atoms with van der Waals surface area (Å²) in [5.41, 5.74) is 13.5. The standard InChI is InChI=1S/C39H52N4/c40-23-20-32-33-16-8-9-18-36(33)41-37-19-11-14-25-43-28-31-27-30-15-7-5-3-1-2-4-6-13-24-42-26-21-35(31)39(29-42,38(30)43)22-12-10-17-34(32)37/h8-10,16-18,27,31,35,38H,2,4-7,11-15,19-26,28-29,40H2. The molecule has 8 rings (SSSR count). The number of hydrogen-bond acceptors (Lipinski definition) is 4. The van der Waals surface area contributed by atoms with E-state index in [2.05, 4.69) is 64.1 Å². The molecule has 2 aromatic rings. The molecule has 0 radical (unpaired) electrons. The number of para-hydroxylation sites is 1. The van der Waals surface area contributed by atoms with Crippen LogP contribution in [0.5, 0.6) is 0 Å². The Kier molecular flexibility index (Phi) is 9.03. The molecule has 1 aromatic carbocycles. The maximum Gasteiger partial charge on any atom is 0.0708 e. The quantitative estimate of drug-likeness (QED) is 0.304.